The highest BCUT2D eigenvalue weighted by atomic mass is 32.2. The first kappa shape index (κ1) is 17.2. The van der Waals surface area contributed by atoms with E-state index >= 15 is 0 Å². The highest BCUT2D eigenvalue weighted by Crippen LogP contribution is 2.17. The summed E-state index contributed by atoms with van der Waals surface area (Å²) in [5.74, 6) is 0.175. The molecular weight excluding hydrogens is 310 g/mol. The summed E-state index contributed by atoms with van der Waals surface area (Å²) in [6.45, 7) is 2.70. The number of rotatable bonds is 6. The molecule has 0 aliphatic rings. The van der Waals surface area contributed by atoms with Crippen LogP contribution in [0.2, 0.25) is 0 Å². The smallest absolute Gasteiger partial charge is 0.251 e. The van der Waals surface area contributed by atoms with Gasteiger partial charge in [-0.2, -0.15) is 0 Å². The molecule has 122 valence electrons. The standard InChI is InChI=1S/C18H21NO3S/c1-14(15-6-4-3-5-7-15)12-13-19-18(20)16-8-10-17(11-9-16)23(2,21)22/h3-11,14H,12-13H2,1-2H3,(H,19,20). The third kappa shape index (κ3) is 4.93. The molecule has 1 atom stereocenters. The molecule has 2 aromatic rings. The van der Waals surface area contributed by atoms with E-state index in [0.717, 1.165) is 12.7 Å². The van der Waals surface area contributed by atoms with Crippen molar-refractivity contribution in [3.05, 3.63) is 65.7 Å². The van der Waals surface area contributed by atoms with Crippen LogP contribution in [0.15, 0.2) is 59.5 Å². The topological polar surface area (TPSA) is 63.2 Å². The van der Waals surface area contributed by atoms with Gasteiger partial charge in [0.15, 0.2) is 9.84 Å². The molecule has 1 unspecified atom stereocenters. The van der Waals surface area contributed by atoms with Crippen LogP contribution in [-0.4, -0.2) is 27.1 Å². The summed E-state index contributed by atoms with van der Waals surface area (Å²) >= 11 is 0. The molecule has 0 bridgehead atoms. The molecule has 0 aliphatic carbocycles. The third-order valence-corrected chi connectivity index (χ3v) is 4.90. The third-order valence-electron chi connectivity index (χ3n) is 3.78. The molecule has 0 radical (unpaired) electrons. The van der Waals surface area contributed by atoms with Crippen molar-refractivity contribution in [1.82, 2.24) is 5.32 Å². The van der Waals surface area contributed by atoms with Gasteiger partial charge < -0.3 is 5.32 Å². The van der Waals surface area contributed by atoms with E-state index in [1.54, 1.807) is 0 Å². The highest BCUT2D eigenvalue weighted by Gasteiger charge is 2.10. The minimum Gasteiger partial charge on any atom is -0.352 e. The Bertz CT molecular complexity index is 753. The van der Waals surface area contributed by atoms with Crippen molar-refractivity contribution in [3.8, 4) is 0 Å². The van der Waals surface area contributed by atoms with E-state index in [2.05, 4.69) is 24.4 Å². The van der Waals surface area contributed by atoms with Crippen LogP contribution in [0, 0.1) is 0 Å². The summed E-state index contributed by atoms with van der Waals surface area (Å²) in [4.78, 5) is 12.3. The summed E-state index contributed by atoms with van der Waals surface area (Å²) in [6.07, 6.45) is 1.99. The molecule has 0 fully saturated rings. The average Bonchev–Trinajstić information content (AvgIpc) is 2.54. The number of carbonyl (C=O) groups is 1. The van der Waals surface area contributed by atoms with Crippen molar-refractivity contribution in [2.24, 2.45) is 0 Å². The van der Waals surface area contributed by atoms with Crippen LogP contribution in [0.1, 0.15) is 35.2 Å². The van der Waals surface area contributed by atoms with Crippen LogP contribution in [0.4, 0.5) is 0 Å². The second-order valence-electron chi connectivity index (χ2n) is 5.65. The second kappa shape index (κ2) is 7.42. The molecular formula is C18H21NO3S. The number of benzene rings is 2. The van der Waals surface area contributed by atoms with Gasteiger partial charge in [0, 0.05) is 18.4 Å². The maximum Gasteiger partial charge on any atom is 0.251 e. The van der Waals surface area contributed by atoms with E-state index in [1.807, 2.05) is 18.2 Å². The lowest BCUT2D eigenvalue weighted by molar-refractivity contribution is 0.0952. The van der Waals surface area contributed by atoms with E-state index in [-0.39, 0.29) is 10.8 Å². The van der Waals surface area contributed by atoms with Crippen LogP contribution in [-0.2, 0) is 9.84 Å². The number of sulfone groups is 1. The molecule has 5 heteroatoms. The lowest BCUT2D eigenvalue weighted by atomic mass is 9.98. The lowest BCUT2D eigenvalue weighted by Gasteiger charge is -2.12. The molecule has 0 aromatic heterocycles. The van der Waals surface area contributed by atoms with E-state index in [4.69, 9.17) is 0 Å². The van der Waals surface area contributed by atoms with Crippen LogP contribution in [0.25, 0.3) is 0 Å². The van der Waals surface area contributed by atoms with Crippen molar-refractivity contribution >= 4 is 15.7 Å². The van der Waals surface area contributed by atoms with Gasteiger partial charge in [-0.25, -0.2) is 8.42 Å². The van der Waals surface area contributed by atoms with Gasteiger partial charge in [0.25, 0.3) is 5.91 Å². The number of carbonyl (C=O) groups excluding carboxylic acids is 1. The van der Waals surface area contributed by atoms with Crippen LogP contribution < -0.4 is 5.32 Å². The fourth-order valence-corrected chi connectivity index (χ4v) is 2.94. The number of nitrogens with one attached hydrogen (secondary N) is 1. The minimum atomic E-state index is -3.24. The van der Waals surface area contributed by atoms with Gasteiger partial charge >= 0.3 is 0 Å². The molecule has 23 heavy (non-hydrogen) atoms. The minimum absolute atomic E-state index is 0.190. The molecule has 0 spiro atoms. The van der Waals surface area contributed by atoms with Crippen molar-refractivity contribution in [3.63, 3.8) is 0 Å². The Morgan fingerprint density at radius 1 is 1.04 bits per heavy atom. The van der Waals surface area contributed by atoms with Crippen molar-refractivity contribution in [2.75, 3.05) is 12.8 Å². The Hall–Kier alpha value is -2.14. The van der Waals surface area contributed by atoms with Gasteiger partial charge in [-0.1, -0.05) is 37.3 Å². The van der Waals surface area contributed by atoms with Crippen LogP contribution in [0.5, 0.6) is 0 Å². The second-order valence-corrected chi connectivity index (χ2v) is 7.67. The average molecular weight is 331 g/mol. The zero-order valence-electron chi connectivity index (χ0n) is 13.3. The molecule has 2 aromatic carbocycles. The molecule has 0 aliphatic heterocycles. The summed E-state index contributed by atoms with van der Waals surface area (Å²) in [5, 5.41) is 2.87. The maximum absolute atomic E-state index is 12.1. The molecule has 2 rings (SSSR count). The fourth-order valence-electron chi connectivity index (χ4n) is 2.31. The lowest BCUT2D eigenvalue weighted by Crippen LogP contribution is -2.25. The van der Waals surface area contributed by atoms with Gasteiger partial charge in [0.05, 0.1) is 4.90 Å². The summed E-state index contributed by atoms with van der Waals surface area (Å²) < 4.78 is 22.8. The Balaban J connectivity index is 1.88. The number of hydrogen-bond acceptors (Lipinski definition) is 3. The van der Waals surface area contributed by atoms with E-state index in [1.165, 1.54) is 29.8 Å². The Kier molecular flexibility index (Phi) is 5.55. The first-order valence-electron chi connectivity index (χ1n) is 7.51. The quantitative estimate of drug-likeness (QED) is 0.885. The van der Waals surface area contributed by atoms with Crippen molar-refractivity contribution in [1.29, 1.82) is 0 Å². The molecule has 0 saturated carbocycles. The van der Waals surface area contributed by atoms with Crippen LogP contribution >= 0.6 is 0 Å². The number of amides is 1. The van der Waals surface area contributed by atoms with Gasteiger partial charge in [0.1, 0.15) is 0 Å². The van der Waals surface area contributed by atoms with Crippen LogP contribution in [0.3, 0.4) is 0 Å². The Labute approximate surface area is 137 Å². The van der Waals surface area contributed by atoms with E-state index in [0.29, 0.717) is 18.0 Å². The zero-order valence-corrected chi connectivity index (χ0v) is 14.1. The first-order valence-corrected chi connectivity index (χ1v) is 9.40. The SMILES string of the molecule is CC(CCNC(=O)c1ccc(S(C)(=O)=O)cc1)c1ccccc1. The van der Waals surface area contributed by atoms with E-state index < -0.39 is 9.84 Å². The monoisotopic (exact) mass is 331 g/mol. The maximum atomic E-state index is 12.1. The predicted molar refractivity (Wildman–Crippen MR) is 91.4 cm³/mol. The first-order chi connectivity index (χ1) is 10.9. The van der Waals surface area contributed by atoms with Gasteiger partial charge in [-0.15, -0.1) is 0 Å². The molecule has 0 saturated heterocycles. The zero-order chi connectivity index (χ0) is 16.9. The molecule has 1 amide bonds. The Morgan fingerprint density at radius 3 is 2.22 bits per heavy atom. The largest absolute Gasteiger partial charge is 0.352 e. The molecule has 4 nitrogen and oxygen atoms in total. The van der Waals surface area contributed by atoms with Gasteiger partial charge in [0.2, 0.25) is 0 Å². The highest BCUT2D eigenvalue weighted by molar-refractivity contribution is 7.90. The normalized spacial score (nSPS) is 12.6. The molecule has 1 N–H and O–H groups in total. The molecule has 0 heterocycles. The van der Waals surface area contributed by atoms with Crippen molar-refractivity contribution in [2.45, 2.75) is 24.2 Å². The number of hydrogen-bond donors (Lipinski definition) is 1. The predicted octanol–water partition coefficient (Wildman–Crippen LogP) is 3.01. The van der Waals surface area contributed by atoms with Crippen molar-refractivity contribution < 1.29 is 13.2 Å². The van der Waals surface area contributed by atoms with Gasteiger partial charge in [-0.3, -0.25) is 4.79 Å². The van der Waals surface area contributed by atoms with Gasteiger partial charge in [-0.05, 0) is 42.2 Å². The summed E-state index contributed by atoms with van der Waals surface area (Å²) in [5.41, 5.74) is 1.71. The van der Waals surface area contributed by atoms with E-state index in [9.17, 15) is 13.2 Å². The fraction of sp³-hybridized carbons (Fsp3) is 0.278. The summed E-state index contributed by atoms with van der Waals surface area (Å²) in [7, 11) is -3.24. The Morgan fingerprint density at radius 2 is 1.65 bits per heavy atom. The summed E-state index contributed by atoms with van der Waals surface area (Å²) in [6, 6.07) is 16.1.